The van der Waals surface area contributed by atoms with Gasteiger partial charge in [-0.2, -0.15) is 4.55 Å². The summed E-state index contributed by atoms with van der Waals surface area (Å²) in [6, 6.07) is 18.2. The molecule has 248 valence electrons. The SMILES string of the molecule is CC[C@@H](C)COC(=O)CC[S+](=O)(O)c1ccc(C2CC2c2ccc(OCc3c(-c4c(Cl)cccc4Cl)noc3C3CC3)cc2Cl)cc1. The molecule has 4 atom stereocenters. The lowest BCUT2D eigenvalue weighted by atomic mass is 10.0. The molecule has 3 unspecified atom stereocenters. The van der Waals surface area contributed by atoms with E-state index in [4.69, 9.17) is 48.8 Å². The third-order valence-corrected chi connectivity index (χ3v) is 11.7. The highest BCUT2D eigenvalue weighted by Gasteiger charge is 2.41. The van der Waals surface area contributed by atoms with Crippen LogP contribution >= 0.6 is 34.8 Å². The number of ether oxygens (including phenoxy) is 2. The van der Waals surface area contributed by atoms with Gasteiger partial charge in [0, 0.05) is 16.5 Å². The average Bonchev–Trinajstić information content (AvgIpc) is 4.00. The van der Waals surface area contributed by atoms with Crippen LogP contribution in [-0.2, 0) is 30.6 Å². The smallest absolute Gasteiger partial charge is 0.310 e. The van der Waals surface area contributed by atoms with E-state index < -0.39 is 16.2 Å². The van der Waals surface area contributed by atoms with Gasteiger partial charge in [-0.25, -0.2) is 0 Å². The average molecular weight is 718 g/mol. The zero-order valence-corrected chi connectivity index (χ0v) is 29.3. The van der Waals surface area contributed by atoms with Crippen LogP contribution in [0.25, 0.3) is 11.3 Å². The van der Waals surface area contributed by atoms with E-state index in [1.54, 1.807) is 30.3 Å². The number of nitrogens with zero attached hydrogens (tertiary/aromatic N) is 1. The highest BCUT2D eigenvalue weighted by Crippen LogP contribution is 2.56. The molecule has 0 amide bonds. The maximum atomic E-state index is 12.9. The second-order valence-corrected chi connectivity index (χ2v) is 15.9. The predicted octanol–water partition coefficient (Wildman–Crippen LogP) is 10.3. The Labute approximate surface area is 291 Å². The summed E-state index contributed by atoms with van der Waals surface area (Å²) in [6.07, 6.45) is 3.80. The van der Waals surface area contributed by atoms with Crippen LogP contribution in [0.2, 0.25) is 15.1 Å². The van der Waals surface area contributed by atoms with Crippen LogP contribution in [0.3, 0.4) is 0 Å². The van der Waals surface area contributed by atoms with Gasteiger partial charge in [0.1, 0.15) is 23.8 Å². The van der Waals surface area contributed by atoms with Crippen molar-refractivity contribution in [3.05, 3.63) is 98.2 Å². The molecule has 6 rings (SSSR count). The van der Waals surface area contributed by atoms with Gasteiger partial charge in [-0.1, -0.05) is 88.7 Å². The molecule has 2 fully saturated rings. The van der Waals surface area contributed by atoms with E-state index in [9.17, 15) is 13.6 Å². The van der Waals surface area contributed by atoms with Crippen molar-refractivity contribution in [1.29, 1.82) is 0 Å². The zero-order valence-electron chi connectivity index (χ0n) is 26.2. The molecule has 7 nitrogen and oxygen atoms in total. The molecule has 2 aliphatic rings. The summed E-state index contributed by atoms with van der Waals surface area (Å²) in [5.74, 6) is 1.87. The predicted molar refractivity (Wildman–Crippen MR) is 185 cm³/mol. The number of hydrogen-bond acceptors (Lipinski definition) is 6. The summed E-state index contributed by atoms with van der Waals surface area (Å²) in [5.41, 5.74) is 4.16. The van der Waals surface area contributed by atoms with E-state index in [2.05, 4.69) is 5.16 Å². The van der Waals surface area contributed by atoms with E-state index in [-0.39, 0.29) is 36.5 Å². The minimum absolute atomic E-state index is 0.103. The second kappa shape index (κ2) is 14.3. The van der Waals surface area contributed by atoms with Crippen molar-refractivity contribution in [2.24, 2.45) is 5.92 Å². The molecule has 47 heavy (non-hydrogen) atoms. The Balaban J connectivity index is 1.08. The second-order valence-electron chi connectivity index (χ2n) is 12.5. The molecule has 1 aromatic heterocycles. The molecule has 0 saturated heterocycles. The molecule has 4 aromatic rings. The van der Waals surface area contributed by atoms with Gasteiger partial charge in [0.15, 0.2) is 10.6 Å². The van der Waals surface area contributed by atoms with Gasteiger partial charge in [0.25, 0.3) is 0 Å². The van der Waals surface area contributed by atoms with Crippen LogP contribution in [0.4, 0.5) is 0 Å². The Bertz CT molecular complexity index is 1780. The topological polar surface area (TPSA) is 98.9 Å². The number of carbonyl (C=O) groups excluding carboxylic acids is 1. The van der Waals surface area contributed by atoms with Crippen LogP contribution in [0.1, 0.15) is 86.2 Å². The third-order valence-electron chi connectivity index (χ3n) is 9.00. The molecule has 2 aliphatic carbocycles. The first-order chi connectivity index (χ1) is 22.6. The quantitative estimate of drug-likeness (QED) is 0.102. The number of rotatable bonds is 14. The van der Waals surface area contributed by atoms with Crippen molar-refractivity contribution in [3.63, 3.8) is 0 Å². The number of aromatic nitrogens is 1. The maximum Gasteiger partial charge on any atom is 0.310 e. The fraction of sp³-hybridized carbons (Fsp3) is 0.389. The molecule has 3 aromatic carbocycles. The van der Waals surface area contributed by atoms with Crippen LogP contribution in [0, 0.1) is 5.92 Å². The number of carbonyl (C=O) groups is 1. The summed E-state index contributed by atoms with van der Waals surface area (Å²) in [5, 5.41) is 5.94. The summed E-state index contributed by atoms with van der Waals surface area (Å²) < 4.78 is 40.8. The lowest BCUT2D eigenvalue weighted by molar-refractivity contribution is -0.144. The molecule has 1 N–H and O–H groups in total. The molecule has 1 heterocycles. The number of hydrogen-bond donors (Lipinski definition) is 1. The highest BCUT2D eigenvalue weighted by molar-refractivity contribution is 7.97. The van der Waals surface area contributed by atoms with Gasteiger partial charge in [-0.3, -0.25) is 4.79 Å². The molecular formula is C36H37Cl3NO6S+. The largest absolute Gasteiger partial charge is 0.489 e. The molecule has 11 heteroatoms. The van der Waals surface area contributed by atoms with Crippen molar-refractivity contribution >= 4 is 51.0 Å². The van der Waals surface area contributed by atoms with Crippen LogP contribution in [0.15, 0.2) is 70.1 Å². The molecule has 0 aliphatic heterocycles. The summed E-state index contributed by atoms with van der Waals surface area (Å²) in [7, 11) is -3.36. The van der Waals surface area contributed by atoms with Crippen molar-refractivity contribution in [2.75, 3.05) is 12.4 Å². The Morgan fingerprint density at radius 2 is 1.77 bits per heavy atom. The zero-order chi connectivity index (χ0) is 33.3. The summed E-state index contributed by atoms with van der Waals surface area (Å²) >= 11 is 19.8. The Morgan fingerprint density at radius 3 is 2.43 bits per heavy atom. The lowest BCUT2D eigenvalue weighted by Crippen LogP contribution is -2.20. The van der Waals surface area contributed by atoms with E-state index in [1.807, 2.05) is 44.2 Å². The van der Waals surface area contributed by atoms with Gasteiger partial charge in [-0.15, -0.1) is 0 Å². The summed E-state index contributed by atoms with van der Waals surface area (Å²) in [6.45, 7) is 4.57. The first kappa shape index (κ1) is 34.0. The minimum Gasteiger partial charge on any atom is -0.489 e. The summed E-state index contributed by atoms with van der Waals surface area (Å²) in [4.78, 5) is 12.3. The van der Waals surface area contributed by atoms with Gasteiger partial charge < -0.3 is 14.0 Å². The first-order valence-electron chi connectivity index (χ1n) is 15.9. The standard InChI is InChI=1S/C36H36Cl3NO6S/c1-3-21(2)19-45-33(41)15-16-47(42,43)25-12-9-22(10-13-25)27-18-28(27)26-14-11-24(17-32(26)39)44-20-29-35(40-46-36(29)23-7-8-23)34-30(37)5-4-6-31(34)38/h4-6,9-14,17,21,23,27-28H,3,7-8,15-16,18-20H2,1-2H3/p+1/t21-,27?,28?/m1/s1. The fourth-order valence-corrected chi connectivity index (χ4v) is 7.83. The molecule has 2 saturated carbocycles. The number of benzene rings is 3. The van der Waals surface area contributed by atoms with Gasteiger partial charge in [0.05, 0.1) is 28.6 Å². The Kier molecular flexibility index (Phi) is 10.4. The number of esters is 1. The fourth-order valence-electron chi connectivity index (χ4n) is 5.70. The van der Waals surface area contributed by atoms with E-state index in [0.717, 1.165) is 48.1 Å². The Hall–Kier alpha value is -2.88. The lowest BCUT2D eigenvalue weighted by Gasteiger charge is -2.11. The van der Waals surface area contributed by atoms with Crippen molar-refractivity contribution in [1.82, 2.24) is 5.16 Å². The highest BCUT2D eigenvalue weighted by atomic mass is 35.5. The monoisotopic (exact) mass is 716 g/mol. The van der Waals surface area contributed by atoms with Gasteiger partial charge >= 0.3 is 5.97 Å². The van der Waals surface area contributed by atoms with E-state index in [1.165, 1.54) is 0 Å². The molecule has 0 bridgehead atoms. The van der Waals surface area contributed by atoms with Crippen molar-refractivity contribution in [3.8, 4) is 17.0 Å². The first-order valence-corrected chi connectivity index (χ1v) is 18.7. The van der Waals surface area contributed by atoms with Gasteiger partial charge in [-0.05, 0) is 84.5 Å². The van der Waals surface area contributed by atoms with Crippen molar-refractivity contribution < 1.29 is 27.6 Å². The molecule has 0 spiro atoms. The minimum atomic E-state index is -3.36. The van der Waals surface area contributed by atoms with Crippen LogP contribution < -0.4 is 4.74 Å². The molecule has 0 radical (unpaired) electrons. The van der Waals surface area contributed by atoms with E-state index >= 15 is 0 Å². The Morgan fingerprint density at radius 1 is 1.04 bits per heavy atom. The normalized spacial score (nSPS) is 19.2. The van der Waals surface area contributed by atoms with Crippen molar-refractivity contribution in [2.45, 2.75) is 75.2 Å². The van der Waals surface area contributed by atoms with Gasteiger partial charge in [0.2, 0.25) is 10.2 Å². The van der Waals surface area contributed by atoms with E-state index in [0.29, 0.717) is 49.5 Å². The molecular weight excluding hydrogens is 681 g/mol. The number of halogens is 3. The van der Waals surface area contributed by atoms with Crippen LogP contribution in [-0.4, -0.2) is 28.0 Å². The third kappa shape index (κ3) is 7.89. The van der Waals surface area contributed by atoms with Crippen LogP contribution in [0.5, 0.6) is 5.75 Å². The maximum absolute atomic E-state index is 12.9.